The third-order valence-electron chi connectivity index (χ3n) is 2.01. The highest BCUT2D eigenvalue weighted by atomic mass is 35.5. The molecule has 0 spiro atoms. The van der Waals surface area contributed by atoms with Crippen LogP contribution in [0.3, 0.4) is 0 Å². The van der Waals surface area contributed by atoms with Gasteiger partial charge in [0.2, 0.25) is 5.95 Å². The van der Waals surface area contributed by atoms with E-state index in [1.165, 1.54) is 12.4 Å². The average Bonchev–Trinajstić information content (AvgIpc) is 2.20. The monoisotopic (exact) mass is 254 g/mol. The Kier molecular flexibility index (Phi) is 6.47. The highest BCUT2D eigenvalue weighted by molar-refractivity contribution is 5.85. The maximum atomic E-state index is 12.5. The van der Waals surface area contributed by atoms with Gasteiger partial charge in [0.15, 0.2) is 5.82 Å². The maximum Gasteiger partial charge on any atom is 0.225 e. The molecule has 0 aromatic carbocycles. The zero-order chi connectivity index (χ0) is 9.10. The van der Waals surface area contributed by atoms with Crippen LogP contribution in [0.15, 0.2) is 12.4 Å². The number of anilines is 1. The van der Waals surface area contributed by atoms with Gasteiger partial charge in [0, 0.05) is 26.2 Å². The van der Waals surface area contributed by atoms with Gasteiger partial charge in [0.25, 0.3) is 0 Å². The Morgan fingerprint density at radius 2 is 1.67 bits per heavy atom. The fourth-order valence-corrected chi connectivity index (χ4v) is 1.33. The summed E-state index contributed by atoms with van der Waals surface area (Å²) in [6.07, 6.45) is 2.40. The second-order valence-corrected chi connectivity index (χ2v) is 2.94. The summed E-state index contributed by atoms with van der Waals surface area (Å²) in [5, 5.41) is 3.22. The minimum Gasteiger partial charge on any atom is -0.338 e. The van der Waals surface area contributed by atoms with E-state index < -0.39 is 0 Å². The molecule has 1 fully saturated rings. The second-order valence-electron chi connectivity index (χ2n) is 2.94. The molecular weight excluding hydrogens is 242 g/mol. The first-order valence-electron chi connectivity index (χ1n) is 4.29. The van der Waals surface area contributed by atoms with E-state index in [9.17, 15) is 4.39 Å². The molecule has 2 heterocycles. The summed E-state index contributed by atoms with van der Waals surface area (Å²) in [5.41, 5.74) is 0. The van der Waals surface area contributed by atoms with Gasteiger partial charge in [-0.1, -0.05) is 0 Å². The number of aromatic nitrogens is 2. The minimum absolute atomic E-state index is 0. The van der Waals surface area contributed by atoms with Gasteiger partial charge in [-0.15, -0.1) is 24.8 Å². The number of rotatable bonds is 1. The number of nitrogens with zero attached hydrogens (tertiary/aromatic N) is 3. The largest absolute Gasteiger partial charge is 0.338 e. The lowest BCUT2D eigenvalue weighted by atomic mass is 10.4. The van der Waals surface area contributed by atoms with Crippen LogP contribution in [0.2, 0.25) is 0 Å². The van der Waals surface area contributed by atoms with Gasteiger partial charge in [-0.3, -0.25) is 0 Å². The average molecular weight is 255 g/mol. The van der Waals surface area contributed by atoms with Crippen molar-refractivity contribution < 1.29 is 4.39 Å². The van der Waals surface area contributed by atoms with Gasteiger partial charge >= 0.3 is 0 Å². The topological polar surface area (TPSA) is 41.1 Å². The number of piperazine rings is 1. The molecule has 1 aliphatic rings. The first kappa shape index (κ1) is 14.3. The van der Waals surface area contributed by atoms with Crippen LogP contribution >= 0.6 is 24.8 Å². The maximum absolute atomic E-state index is 12.5. The summed E-state index contributed by atoms with van der Waals surface area (Å²) in [6, 6.07) is 0. The molecule has 15 heavy (non-hydrogen) atoms. The minimum atomic E-state index is -0.390. The molecule has 7 heteroatoms. The van der Waals surface area contributed by atoms with E-state index in [1.807, 2.05) is 4.90 Å². The quantitative estimate of drug-likeness (QED) is 0.808. The molecule has 0 aliphatic carbocycles. The van der Waals surface area contributed by atoms with E-state index >= 15 is 0 Å². The summed E-state index contributed by atoms with van der Waals surface area (Å²) in [7, 11) is 0. The third-order valence-corrected chi connectivity index (χ3v) is 2.01. The SMILES string of the molecule is Cl.Cl.Fc1cnc(N2CCNCC2)nc1. The zero-order valence-electron chi connectivity index (χ0n) is 8.02. The van der Waals surface area contributed by atoms with Gasteiger partial charge in [-0.05, 0) is 0 Å². The fourth-order valence-electron chi connectivity index (χ4n) is 1.33. The van der Waals surface area contributed by atoms with Gasteiger partial charge in [-0.2, -0.15) is 0 Å². The predicted octanol–water partition coefficient (Wildman–Crippen LogP) is 0.869. The van der Waals surface area contributed by atoms with Gasteiger partial charge in [0.05, 0.1) is 12.4 Å². The van der Waals surface area contributed by atoms with Crippen LogP contribution in [0.25, 0.3) is 0 Å². The van der Waals surface area contributed by atoms with Crippen molar-refractivity contribution in [2.45, 2.75) is 0 Å². The number of nitrogens with one attached hydrogen (secondary N) is 1. The number of hydrogen-bond acceptors (Lipinski definition) is 4. The van der Waals surface area contributed by atoms with E-state index in [0.717, 1.165) is 26.2 Å². The molecule has 1 aromatic rings. The van der Waals surface area contributed by atoms with Crippen molar-refractivity contribution >= 4 is 30.8 Å². The molecule has 0 bridgehead atoms. The van der Waals surface area contributed by atoms with Crippen LogP contribution in [-0.2, 0) is 0 Å². The lowest BCUT2D eigenvalue weighted by Gasteiger charge is -2.26. The Balaban J connectivity index is 0.000000980. The summed E-state index contributed by atoms with van der Waals surface area (Å²) in [4.78, 5) is 9.87. The van der Waals surface area contributed by atoms with Crippen molar-refractivity contribution in [3.63, 3.8) is 0 Å². The van der Waals surface area contributed by atoms with E-state index in [-0.39, 0.29) is 30.6 Å². The van der Waals surface area contributed by atoms with E-state index in [4.69, 9.17) is 0 Å². The molecule has 4 nitrogen and oxygen atoms in total. The van der Waals surface area contributed by atoms with Crippen molar-refractivity contribution in [2.75, 3.05) is 31.1 Å². The zero-order valence-corrected chi connectivity index (χ0v) is 9.65. The van der Waals surface area contributed by atoms with Crippen molar-refractivity contribution in [1.82, 2.24) is 15.3 Å². The van der Waals surface area contributed by atoms with Crippen LogP contribution in [-0.4, -0.2) is 36.1 Å². The Labute approximate surface area is 100 Å². The Bertz CT molecular complexity index is 276. The van der Waals surface area contributed by atoms with Crippen molar-refractivity contribution in [2.24, 2.45) is 0 Å². The second kappa shape index (κ2) is 6.76. The van der Waals surface area contributed by atoms with E-state index in [1.54, 1.807) is 0 Å². The number of hydrogen-bond donors (Lipinski definition) is 1. The first-order chi connectivity index (χ1) is 6.36. The van der Waals surface area contributed by atoms with Crippen molar-refractivity contribution in [3.05, 3.63) is 18.2 Å². The molecule has 1 aromatic heterocycles. The molecule has 86 valence electrons. The van der Waals surface area contributed by atoms with Crippen LogP contribution in [0, 0.1) is 5.82 Å². The standard InChI is InChI=1S/C8H11FN4.2ClH/c9-7-5-11-8(12-6-7)13-3-1-10-2-4-13;;/h5-6,10H,1-4H2;2*1H. The summed E-state index contributed by atoms with van der Waals surface area (Å²) >= 11 is 0. The normalized spacial score (nSPS) is 15.1. The Hall–Kier alpha value is -0.650. The first-order valence-corrected chi connectivity index (χ1v) is 4.29. The van der Waals surface area contributed by atoms with Crippen LogP contribution in [0.5, 0.6) is 0 Å². The fraction of sp³-hybridized carbons (Fsp3) is 0.500. The predicted molar refractivity (Wildman–Crippen MR) is 61.6 cm³/mol. The van der Waals surface area contributed by atoms with Crippen molar-refractivity contribution in [1.29, 1.82) is 0 Å². The van der Waals surface area contributed by atoms with E-state index in [2.05, 4.69) is 15.3 Å². The van der Waals surface area contributed by atoms with Gasteiger partial charge < -0.3 is 10.2 Å². The Morgan fingerprint density at radius 3 is 2.20 bits per heavy atom. The van der Waals surface area contributed by atoms with Crippen LogP contribution < -0.4 is 10.2 Å². The molecular formula is C8H13Cl2FN4. The van der Waals surface area contributed by atoms with E-state index in [0.29, 0.717) is 5.95 Å². The van der Waals surface area contributed by atoms with Crippen LogP contribution in [0.1, 0.15) is 0 Å². The summed E-state index contributed by atoms with van der Waals surface area (Å²) < 4.78 is 12.5. The van der Waals surface area contributed by atoms with Gasteiger partial charge in [-0.25, -0.2) is 14.4 Å². The number of halogens is 3. The molecule has 0 atom stereocenters. The summed E-state index contributed by atoms with van der Waals surface area (Å²) in [5.74, 6) is 0.224. The van der Waals surface area contributed by atoms with Crippen molar-refractivity contribution in [3.8, 4) is 0 Å². The smallest absolute Gasteiger partial charge is 0.225 e. The Morgan fingerprint density at radius 1 is 1.13 bits per heavy atom. The molecule has 1 N–H and O–H groups in total. The van der Waals surface area contributed by atoms with Crippen LogP contribution in [0.4, 0.5) is 10.3 Å². The third kappa shape index (κ3) is 3.77. The lowest BCUT2D eigenvalue weighted by molar-refractivity contribution is 0.572. The molecule has 0 radical (unpaired) electrons. The highest BCUT2D eigenvalue weighted by Gasteiger charge is 2.12. The molecule has 2 rings (SSSR count). The summed E-state index contributed by atoms with van der Waals surface area (Å²) in [6.45, 7) is 3.62. The lowest BCUT2D eigenvalue weighted by Crippen LogP contribution is -2.44. The molecule has 0 saturated carbocycles. The molecule has 0 unspecified atom stereocenters. The highest BCUT2D eigenvalue weighted by Crippen LogP contribution is 2.06. The van der Waals surface area contributed by atoms with Gasteiger partial charge in [0.1, 0.15) is 0 Å². The molecule has 0 amide bonds. The molecule has 1 aliphatic heterocycles. The molecule has 1 saturated heterocycles.